The number of imide groups is 1. The normalized spacial score (nSPS) is 8.25. The van der Waals surface area contributed by atoms with Crippen LogP contribution in [-0.4, -0.2) is 23.9 Å². The monoisotopic (exact) mass is 116 g/mol. The molecule has 0 saturated heterocycles. The van der Waals surface area contributed by atoms with Gasteiger partial charge in [-0.25, -0.2) is 4.79 Å². The number of hydrogen-bond donors (Lipinski definition) is 1. The van der Waals surface area contributed by atoms with Crippen molar-refractivity contribution in [1.29, 1.82) is 0 Å². The van der Waals surface area contributed by atoms with Crippen LogP contribution in [0.5, 0.6) is 0 Å². The van der Waals surface area contributed by atoms with Crippen molar-refractivity contribution < 1.29 is 9.59 Å². The van der Waals surface area contributed by atoms with Gasteiger partial charge in [-0.3, -0.25) is 9.69 Å². The number of rotatable bonds is 0. The van der Waals surface area contributed by atoms with E-state index in [-0.39, 0.29) is 5.91 Å². The standard InChI is InChI=1S/C4H8N2O2/c1-3(7)6(2)4(5)8/h1-2H3,(H2,5,8). The Kier molecular flexibility index (Phi) is 1.99. The van der Waals surface area contributed by atoms with E-state index in [4.69, 9.17) is 5.73 Å². The van der Waals surface area contributed by atoms with Gasteiger partial charge >= 0.3 is 6.03 Å². The van der Waals surface area contributed by atoms with Crippen molar-refractivity contribution in [2.45, 2.75) is 6.92 Å². The van der Waals surface area contributed by atoms with E-state index < -0.39 is 6.03 Å². The highest BCUT2D eigenvalue weighted by molar-refractivity contribution is 5.91. The Morgan fingerprint density at radius 3 is 1.88 bits per heavy atom. The van der Waals surface area contributed by atoms with E-state index in [1.54, 1.807) is 0 Å². The van der Waals surface area contributed by atoms with E-state index in [0.717, 1.165) is 4.90 Å². The van der Waals surface area contributed by atoms with Crippen LogP contribution in [0.2, 0.25) is 0 Å². The van der Waals surface area contributed by atoms with Crippen LogP contribution in [0.1, 0.15) is 6.92 Å². The Morgan fingerprint density at radius 1 is 1.50 bits per heavy atom. The highest BCUT2D eigenvalue weighted by Gasteiger charge is 2.05. The van der Waals surface area contributed by atoms with E-state index in [2.05, 4.69) is 0 Å². The lowest BCUT2D eigenvalue weighted by Gasteiger charge is -2.06. The molecule has 46 valence electrons. The molecule has 0 spiro atoms. The zero-order valence-corrected chi connectivity index (χ0v) is 4.84. The molecule has 4 heteroatoms. The van der Waals surface area contributed by atoms with Crippen LogP contribution in [0, 0.1) is 0 Å². The van der Waals surface area contributed by atoms with E-state index in [9.17, 15) is 9.59 Å². The molecule has 0 bridgehead atoms. The molecule has 0 fully saturated rings. The summed E-state index contributed by atoms with van der Waals surface area (Å²) in [6.07, 6.45) is 0. The maximum absolute atomic E-state index is 10.2. The average Bonchev–Trinajstić information content (AvgIpc) is 1.64. The first-order chi connectivity index (χ1) is 3.55. The van der Waals surface area contributed by atoms with Crippen LogP contribution in [0.15, 0.2) is 0 Å². The van der Waals surface area contributed by atoms with Crippen molar-refractivity contribution in [3.8, 4) is 0 Å². The summed E-state index contributed by atoms with van der Waals surface area (Å²) in [4.78, 5) is 21.1. The third-order valence-electron chi connectivity index (χ3n) is 0.803. The summed E-state index contributed by atoms with van der Waals surface area (Å²) in [5.41, 5.74) is 4.70. The van der Waals surface area contributed by atoms with Crippen LogP contribution in [0.4, 0.5) is 4.79 Å². The third-order valence-corrected chi connectivity index (χ3v) is 0.803. The van der Waals surface area contributed by atoms with Gasteiger partial charge in [-0.15, -0.1) is 0 Å². The highest BCUT2D eigenvalue weighted by Crippen LogP contribution is 1.79. The predicted molar refractivity (Wildman–Crippen MR) is 28.0 cm³/mol. The van der Waals surface area contributed by atoms with Crippen LogP contribution < -0.4 is 5.73 Å². The van der Waals surface area contributed by atoms with Crippen LogP contribution in [-0.2, 0) is 4.79 Å². The molecule has 0 aliphatic heterocycles. The fourth-order valence-corrected chi connectivity index (χ4v) is 0.155. The summed E-state index contributed by atoms with van der Waals surface area (Å²) < 4.78 is 0. The molecule has 0 unspecified atom stereocenters. The first kappa shape index (κ1) is 6.94. The topological polar surface area (TPSA) is 63.4 Å². The lowest BCUT2D eigenvalue weighted by Crippen LogP contribution is -2.35. The SMILES string of the molecule is CC(=O)N(C)C(N)=O. The molecule has 0 aliphatic carbocycles. The molecule has 0 saturated carbocycles. The van der Waals surface area contributed by atoms with Gasteiger partial charge in [-0.1, -0.05) is 0 Å². The maximum Gasteiger partial charge on any atom is 0.321 e. The Morgan fingerprint density at radius 2 is 1.88 bits per heavy atom. The fourth-order valence-electron chi connectivity index (χ4n) is 0.155. The first-order valence-electron chi connectivity index (χ1n) is 2.09. The molecule has 0 aromatic rings. The molecule has 0 radical (unpaired) electrons. The number of nitrogens with zero attached hydrogens (tertiary/aromatic N) is 1. The molecule has 0 aromatic heterocycles. The zero-order chi connectivity index (χ0) is 6.73. The van der Waals surface area contributed by atoms with Gasteiger partial charge in [0.1, 0.15) is 0 Å². The van der Waals surface area contributed by atoms with Crippen molar-refractivity contribution >= 4 is 11.9 Å². The number of hydrogen-bond acceptors (Lipinski definition) is 2. The molecular weight excluding hydrogens is 108 g/mol. The van der Waals surface area contributed by atoms with Gasteiger partial charge < -0.3 is 5.73 Å². The second-order valence-electron chi connectivity index (χ2n) is 1.42. The molecule has 0 aromatic carbocycles. The second kappa shape index (κ2) is 2.30. The summed E-state index contributed by atoms with van der Waals surface area (Å²) >= 11 is 0. The molecule has 0 heterocycles. The van der Waals surface area contributed by atoms with Crippen molar-refractivity contribution in [3.63, 3.8) is 0 Å². The van der Waals surface area contributed by atoms with Gasteiger partial charge in [-0.05, 0) is 0 Å². The summed E-state index contributed by atoms with van der Waals surface area (Å²) in [5.74, 6) is -0.350. The van der Waals surface area contributed by atoms with Gasteiger partial charge in [0.2, 0.25) is 5.91 Å². The molecule has 2 N–H and O–H groups in total. The Balaban J connectivity index is 3.83. The lowest BCUT2D eigenvalue weighted by atomic mass is 10.6. The lowest BCUT2D eigenvalue weighted by molar-refractivity contribution is -0.124. The van der Waals surface area contributed by atoms with Crippen LogP contribution in [0.25, 0.3) is 0 Å². The van der Waals surface area contributed by atoms with Crippen molar-refractivity contribution in [2.75, 3.05) is 7.05 Å². The van der Waals surface area contributed by atoms with Gasteiger partial charge in [0.15, 0.2) is 0 Å². The summed E-state index contributed by atoms with van der Waals surface area (Å²) in [5, 5.41) is 0. The minimum absolute atomic E-state index is 0.350. The Labute approximate surface area is 47.3 Å². The van der Waals surface area contributed by atoms with Crippen LogP contribution in [0.3, 0.4) is 0 Å². The number of carbonyl (C=O) groups excluding carboxylic acids is 2. The van der Waals surface area contributed by atoms with Gasteiger partial charge in [0.05, 0.1) is 0 Å². The van der Waals surface area contributed by atoms with E-state index in [1.165, 1.54) is 14.0 Å². The van der Waals surface area contributed by atoms with E-state index in [0.29, 0.717) is 0 Å². The summed E-state index contributed by atoms with van der Waals surface area (Å²) in [6.45, 7) is 1.27. The number of carbonyl (C=O) groups is 2. The largest absolute Gasteiger partial charge is 0.351 e. The first-order valence-corrected chi connectivity index (χ1v) is 2.09. The number of primary amides is 1. The maximum atomic E-state index is 10.2. The number of amides is 3. The van der Waals surface area contributed by atoms with Crippen molar-refractivity contribution in [1.82, 2.24) is 4.90 Å². The molecule has 0 atom stereocenters. The van der Waals surface area contributed by atoms with Crippen molar-refractivity contribution in [3.05, 3.63) is 0 Å². The molecule has 8 heavy (non-hydrogen) atoms. The average molecular weight is 116 g/mol. The minimum atomic E-state index is -0.725. The zero-order valence-electron chi connectivity index (χ0n) is 4.84. The Hall–Kier alpha value is -1.06. The van der Waals surface area contributed by atoms with E-state index in [1.807, 2.05) is 0 Å². The van der Waals surface area contributed by atoms with Gasteiger partial charge in [0.25, 0.3) is 0 Å². The number of nitrogens with two attached hydrogens (primary N) is 1. The second-order valence-corrected chi connectivity index (χ2v) is 1.42. The molecule has 0 rings (SSSR count). The summed E-state index contributed by atoms with van der Waals surface area (Å²) in [6, 6.07) is -0.725. The predicted octanol–water partition coefficient (Wildman–Crippen LogP) is -0.457. The summed E-state index contributed by atoms with van der Waals surface area (Å²) in [7, 11) is 1.32. The number of urea groups is 1. The third kappa shape index (κ3) is 1.59. The smallest absolute Gasteiger partial charge is 0.321 e. The molecular formula is C4H8N2O2. The van der Waals surface area contributed by atoms with Crippen LogP contribution >= 0.6 is 0 Å². The highest BCUT2D eigenvalue weighted by atomic mass is 16.2. The molecule has 4 nitrogen and oxygen atoms in total. The van der Waals surface area contributed by atoms with Gasteiger partial charge in [-0.2, -0.15) is 0 Å². The van der Waals surface area contributed by atoms with Gasteiger partial charge in [0, 0.05) is 14.0 Å². The molecule has 3 amide bonds. The minimum Gasteiger partial charge on any atom is -0.351 e. The molecule has 0 aliphatic rings. The van der Waals surface area contributed by atoms with Crippen molar-refractivity contribution in [2.24, 2.45) is 5.73 Å². The fraction of sp³-hybridized carbons (Fsp3) is 0.500. The quantitative estimate of drug-likeness (QED) is 0.465. The van der Waals surface area contributed by atoms with E-state index >= 15 is 0 Å². The Bertz CT molecular complexity index is 107.